The first kappa shape index (κ1) is 20.5. The van der Waals surface area contributed by atoms with Gasteiger partial charge in [-0.05, 0) is 68.1 Å². The molecule has 2 N–H and O–H groups in total. The molecule has 4 fully saturated rings. The lowest BCUT2D eigenvalue weighted by Gasteiger charge is -2.62. The third kappa shape index (κ3) is 2.49. The van der Waals surface area contributed by atoms with E-state index in [4.69, 9.17) is 9.47 Å². The number of hydrogen-bond donors (Lipinski definition) is 2. The minimum atomic E-state index is -0.582. The Morgan fingerprint density at radius 3 is 2.63 bits per heavy atom. The molecule has 0 radical (unpaired) electrons. The molecule has 5 rings (SSSR count). The maximum atomic E-state index is 13.0. The van der Waals surface area contributed by atoms with Gasteiger partial charge >= 0.3 is 11.9 Å². The predicted molar refractivity (Wildman–Crippen MR) is 108 cm³/mol. The maximum Gasteiger partial charge on any atom is 0.309 e. The van der Waals surface area contributed by atoms with Crippen LogP contribution >= 0.6 is 0 Å². The summed E-state index contributed by atoms with van der Waals surface area (Å²) in [4.78, 5) is 25.1. The largest absolute Gasteiger partial charge is 0.469 e. The fraction of sp³-hybridized carbons (Fsp3) is 0.833. The smallest absolute Gasteiger partial charge is 0.309 e. The molecule has 166 valence electrons. The van der Waals surface area contributed by atoms with Gasteiger partial charge in [0.2, 0.25) is 0 Å². The number of carbonyl (C=O) groups excluding carboxylic acids is 2. The van der Waals surface area contributed by atoms with Gasteiger partial charge in [0, 0.05) is 11.8 Å². The SMILES string of the molecule is COC(=O)[C@@H]1CC2=C[C@@H](O)CC[C@]2(C)C2[C@@H]1[C@@H]1CC[C@@]3(CCC(=O)O3)[C@@]1(C)C[C@H]2O. The van der Waals surface area contributed by atoms with Gasteiger partial charge in [0.15, 0.2) is 0 Å². The fourth-order valence-corrected chi connectivity index (χ4v) is 8.50. The summed E-state index contributed by atoms with van der Waals surface area (Å²) >= 11 is 0. The van der Waals surface area contributed by atoms with Crippen molar-refractivity contribution in [1.29, 1.82) is 0 Å². The van der Waals surface area contributed by atoms with Crippen molar-refractivity contribution >= 4 is 11.9 Å². The van der Waals surface area contributed by atoms with Gasteiger partial charge in [-0.2, -0.15) is 0 Å². The van der Waals surface area contributed by atoms with Crippen molar-refractivity contribution in [3.05, 3.63) is 11.6 Å². The van der Waals surface area contributed by atoms with E-state index in [9.17, 15) is 19.8 Å². The molecule has 1 aliphatic heterocycles. The highest BCUT2D eigenvalue weighted by Crippen LogP contribution is 2.70. The van der Waals surface area contributed by atoms with E-state index in [1.165, 1.54) is 7.11 Å². The molecule has 1 unspecified atom stereocenters. The number of esters is 2. The average Bonchev–Trinajstić information content (AvgIpc) is 3.21. The van der Waals surface area contributed by atoms with Crippen LogP contribution in [0.2, 0.25) is 0 Å². The maximum absolute atomic E-state index is 13.0. The number of fused-ring (bicyclic) bond motifs is 6. The predicted octanol–water partition coefficient (Wildman–Crippen LogP) is 2.76. The molecule has 0 amide bonds. The summed E-state index contributed by atoms with van der Waals surface area (Å²) < 4.78 is 11.2. The van der Waals surface area contributed by atoms with Crippen LogP contribution in [0, 0.1) is 34.5 Å². The van der Waals surface area contributed by atoms with Crippen molar-refractivity contribution < 1.29 is 29.3 Å². The molecule has 0 aromatic heterocycles. The third-order valence-electron chi connectivity index (χ3n) is 9.92. The van der Waals surface area contributed by atoms with Crippen molar-refractivity contribution in [2.75, 3.05) is 7.11 Å². The van der Waals surface area contributed by atoms with Gasteiger partial charge in [0.1, 0.15) is 5.60 Å². The number of hydrogen-bond acceptors (Lipinski definition) is 6. The first-order valence-electron chi connectivity index (χ1n) is 11.5. The highest BCUT2D eigenvalue weighted by Gasteiger charge is 2.71. The highest BCUT2D eigenvalue weighted by molar-refractivity contribution is 5.74. The van der Waals surface area contributed by atoms with Crippen molar-refractivity contribution in [1.82, 2.24) is 0 Å². The Hall–Kier alpha value is -1.40. The molecule has 1 saturated heterocycles. The Morgan fingerprint density at radius 1 is 1.20 bits per heavy atom. The second kappa shape index (κ2) is 6.55. The Kier molecular flexibility index (Phi) is 4.48. The van der Waals surface area contributed by atoms with Gasteiger partial charge in [-0.15, -0.1) is 0 Å². The number of aliphatic hydroxyl groups is 2. The Morgan fingerprint density at radius 2 is 1.97 bits per heavy atom. The summed E-state index contributed by atoms with van der Waals surface area (Å²) in [6.45, 7) is 4.39. The molecule has 1 heterocycles. The molecule has 0 aromatic carbocycles. The summed E-state index contributed by atoms with van der Waals surface area (Å²) in [6.07, 6.45) is 6.38. The van der Waals surface area contributed by atoms with Crippen molar-refractivity contribution in [2.24, 2.45) is 34.5 Å². The van der Waals surface area contributed by atoms with Crippen LogP contribution in [0.5, 0.6) is 0 Å². The van der Waals surface area contributed by atoms with Gasteiger partial charge in [0.25, 0.3) is 0 Å². The van der Waals surface area contributed by atoms with Gasteiger partial charge in [-0.1, -0.05) is 25.5 Å². The first-order valence-corrected chi connectivity index (χ1v) is 11.5. The molecule has 6 heteroatoms. The molecule has 5 aliphatic rings. The molecule has 0 bridgehead atoms. The van der Waals surface area contributed by atoms with Crippen molar-refractivity contribution in [3.8, 4) is 0 Å². The number of aliphatic hydroxyl groups excluding tert-OH is 2. The molecule has 9 atom stereocenters. The molecule has 3 saturated carbocycles. The van der Waals surface area contributed by atoms with E-state index in [1.807, 2.05) is 6.08 Å². The number of rotatable bonds is 1. The monoisotopic (exact) mass is 418 g/mol. The van der Waals surface area contributed by atoms with Gasteiger partial charge in [-0.25, -0.2) is 0 Å². The zero-order valence-electron chi connectivity index (χ0n) is 18.2. The quantitative estimate of drug-likeness (QED) is 0.502. The second-order valence-corrected chi connectivity index (χ2v) is 11.0. The summed E-state index contributed by atoms with van der Waals surface area (Å²) in [6, 6.07) is 0. The second-order valence-electron chi connectivity index (χ2n) is 11.0. The van der Waals surface area contributed by atoms with E-state index in [2.05, 4.69) is 13.8 Å². The molecule has 1 spiro atoms. The third-order valence-corrected chi connectivity index (χ3v) is 9.92. The van der Waals surface area contributed by atoms with E-state index < -0.39 is 17.8 Å². The Bertz CT molecular complexity index is 806. The minimum absolute atomic E-state index is 0.0118. The van der Waals surface area contributed by atoms with E-state index in [0.717, 1.165) is 24.8 Å². The lowest BCUT2D eigenvalue weighted by Crippen LogP contribution is -2.62. The average molecular weight is 419 g/mol. The molecule has 4 aliphatic carbocycles. The Balaban J connectivity index is 1.61. The van der Waals surface area contributed by atoms with Crippen LogP contribution < -0.4 is 0 Å². The normalized spacial score (nSPS) is 52.2. The zero-order chi connectivity index (χ0) is 21.5. The number of methoxy groups -OCH3 is 1. The molecule has 0 aromatic rings. The van der Waals surface area contributed by atoms with E-state index >= 15 is 0 Å². The summed E-state index contributed by atoms with van der Waals surface area (Å²) in [5, 5.41) is 21.8. The van der Waals surface area contributed by atoms with Gasteiger partial charge in [0.05, 0.1) is 25.2 Å². The number of carbonyl (C=O) groups is 2. The topological polar surface area (TPSA) is 93.1 Å². The highest BCUT2D eigenvalue weighted by atomic mass is 16.6. The number of ether oxygens (including phenoxy) is 2. The Labute approximate surface area is 178 Å². The van der Waals surface area contributed by atoms with Crippen LogP contribution in [-0.4, -0.2) is 47.1 Å². The van der Waals surface area contributed by atoms with E-state index in [1.54, 1.807) is 0 Å². The minimum Gasteiger partial charge on any atom is -0.469 e. The lowest BCUT2D eigenvalue weighted by molar-refractivity contribution is -0.198. The summed E-state index contributed by atoms with van der Waals surface area (Å²) in [7, 11) is 1.43. The van der Waals surface area contributed by atoms with Gasteiger partial charge < -0.3 is 19.7 Å². The lowest BCUT2D eigenvalue weighted by atomic mass is 9.43. The summed E-state index contributed by atoms with van der Waals surface area (Å²) in [5.74, 6) is -0.571. The van der Waals surface area contributed by atoms with Gasteiger partial charge in [-0.3, -0.25) is 9.59 Å². The summed E-state index contributed by atoms with van der Waals surface area (Å²) in [5.41, 5.74) is 0.0245. The number of allylic oxidation sites excluding steroid dienone is 1. The first-order chi connectivity index (χ1) is 14.1. The van der Waals surface area contributed by atoms with Crippen LogP contribution in [0.15, 0.2) is 11.6 Å². The zero-order valence-corrected chi connectivity index (χ0v) is 18.2. The molecular weight excluding hydrogens is 384 g/mol. The molecular formula is C24H34O6. The molecule has 30 heavy (non-hydrogen) atoms. The van der Waals surface area contributed by atoms with Crippen molar-refractivity contribution in [2.45, 2.75) is 83.0 Å². The molecule has 6 nitrogen and oxygen atoms in total. The van der Waals surface area contributed by atoms with Crippen LogP contribution in [0.1, 0.15) is 65.2 Å². The standard InChI is InChI=1S/C24H34O6/c1-22-7-4-14(25)10-13(22)11-15(21(28)29-3)19-16-5-8-24(9-6-18(27)30-24)23(16,2)12-17(26)20(19)22/h10,14-17,19-20,25-26H,4-9,11-12H2,1-3H3/t14-,15+,16-,17+,19-,20?,22-,23-,24+/m0/s1. The van der Waals surface area contributed by atoms with Crippen LogP contribution in [0.25, 0.3) is 0 Å². The van der Waals surface area contributed by atoms with E-state index in [0.29, 0.717) is 32.1 Å². The van der Waals surface area contributed by atoms with E-state index in [-0.39, 0.29) is 46.4 Å². The van der Waals surface area contributed by atoms with Crippen LogP contribution in [0.3, 0.4) is 0 Å². The van der Waals surface area contributed by atoms with Crippen molar-refractivity contribution in [3.63, 3.8) is 0 Å². The van der Waals surface area contributed by atoms with Crippen LogP contribution in [0.4, 0.5) is 0 Å². The van der Waals surface area contributed by atoms with Crippen LogP contribution in [-0.2, 0) is 19.1 Å². The fourth-order valence-electron chi connectivity index (χ4n) is 8.50.